The summed E-state index contributed by atoms with van der Waals surface area (Å²) >= 11 is 0. The van der Waals surface area contributed by atoms with Gasteiger partial charge in [-0.05, 0) is 19.2 Å². The molecule has 0 aliphatic rings. The third-order valence-electron chi connectivity index (χ3n) is 1.52. The molecule has 60 valence electrons. The van der Waals surface area contributed by atoms with Gasteiger partial charge in [-0.2, -0.15) is 0 Å². The summed E-state index contributed by atoms with van der Waals surface area (Å²) in [6, 6.07) is 10.3. The van der Waals surface area contributed by atoms with E-state index in [9.17, 15) is 0 Å². The Balaban J connectivity index is 2.61. The van der Waals surface area contributed by atoms with Crippen LogP contribution < -0.4 is 4.57 Å². The molecule has 0 amide bonds. The van der Waals surface area contributed by atoms with E-state index in [0.29, 0.717) is 0 Å². The molecule has 4 heteroatoms. The molecule has 0 aliphatic carbocycles. The minimum atomic E-state index is -0.457. The van der Waals surface area contributed by atoms with Crippen molar-refractivity contribution in [2.75, 3.05) is 11.6 Å². The molecule has 0 saturated heterocycles. The van der Waals surface area contributed by atoms with Crippen LogP contribution in [0.5, 0.6) is 0 Å². The van der Waals surface area contributed by atoms with Gasteiger partial charge < -0.3 is 8.68 Å². The summed E-state index contributed by atoms with van der Waals surface area (Å²) in [6.07, 6.45) is 0. The van der Waals surface area contributed by atoms with E-state index in [1.807, 2.05) is 18.2 Å². The average Bonchev–Trinajstić information content (AvgIpc) is 2.07. The van der Waals surface area contributed by atoms with E-state index < -0.39 is 9.92 Å². The maximum atomic E-state index is 5.26. The summed E-state index contributed by atoms with van der Waals surface area (Å²) in [5.41, 5.74) is 1.26. The molecule has 1 rings (SSSR count). The number of hydrogen-bond acceptors (Lipinski definition) is 2. The first-order valence-electron chi connectivity index (χ1n) is 3.59. The summed E-state index contributed by atoms with van der Waals surface area (Å²) in [4.78, 5) is 0. The molecule has 0 bridgehead atoms. The van der Waals surface area contributed by atoms with E-state index in [1.54, 1.807) is 0 Å². The molecule has 0 fully saturated rings. The lowest BCUT2D eigenvalue weighted by Crippen LogP contribution is -2.23. The Kier molecular flexibility index (Phi) is 3.35. The fourth-order valence-electron chi connectivity index (χ4n) is 0.951. The quantitative estimate of drug-likeness (QED) is 0.581. The lowest BCUT2D eigenvalue weighted by molar-refractivity contribution is 0.659. The second-order valence-corrected chi connectivity index (χ2v) is 5.97. The minimum absolute atomic E-state index is 0.457. The highest BCUT2D eigenvalue weighted by molar-refractivity contribution is 6.39. The Bertz CT molecular complexity index is 205. The van der Waals surface area contributed by atoms with Gasteiger partial charge in [-0.25, -0.2) is 0 Å². The molecular formula is C7H13NOSi2. The molecule has 0 saturated carbocycles. The van der Waals surface area contributed by atoms with Crippen LogP contribution >= 0.6 is 0 Å². The monoisotopic (exact) mass is 183 g/mol. The highest BCUT2D eigenvalue weighted by atomic mass is 28.3. The maximum absolute atomic E-state index is 5.26. The van der Waals surface area contributed by atoms with Crippen LogP contribution in [0.3, 0.4) is 0 Å². The van der Waals surface area contributed by atoms with Gasteiger partial charge >= 0.3 is 0 Å². The average molecular weight is 183 g/mol. The molecule has 11 heavy (non-hydrogen) atoms. The molecule has 0 atom stereocenters. The van der Waals surface area contributed by atoms with Crippen LogP contribution in [0.2, 0.25) is 0 Å². The largest absolute Gasteiger partial charge is 0.453 e. The second kappa shape index (κ2) is 4.32. The van der Waals surface area contributed by atoms with Crippen LogP contribution in [0.4, 0.5) is 5.69 Å². The number of nitrogens with zero attached hydrogens (tertiary/aromatic N) is 1. The molecule has 0 spiro atoms. The molecule has 0 unspecified atom stereocenters. The molecule has 0 aromatic heterocycles. The summed E-state index contributed by atoms with van der Waals surface area (Å²) < 4.78 is 7.48. The van der Waals surface area contributed by atoms with Gasteiger partial charge in [-0.15, -0.1) is 0 Å². The van der Waals surface area contributed by atoms with Crippen molar-refractivity contribution in [1.29, 1.82) is 0 Å². The highest BCUT2D eigenvalue weighted by Gasteiger charge is 1.96. The Morgan fingerprint density at radius 3 is 2.55 bits per heavy atom. The Labute approximate surface area is 72.7 Å². The Hall–Kier alpha value is -0.586. The van der Waals surface area contributed by atoms with E-state index in [2.05, 4.69) is 23.7 Å². The molecule has 0 radical (unpaired) electrons. The molecule has 1 aromatic carbocycles. The first-order chi connectivity index (χ1) is 5.34. The number of rotatable bonds is 3. The van der Waals surface area contributed by atoms with Crippen molar-refractivity contribution in [3.63, 3.8) is 0 Å². The minimum Gasteiger partial charge on any atom is -0.453 e. The number of benzene rings is 1. The normalized spacial score (nSPS) is 11.0. The predicted molar refractivity (Wildman–Crippen MR) is 54.4 cm³/mol. The van der Waals surface area contributed by atoms with Gasteiger partial charge in [0.25, 0.3) is 9.92 Å². The van der Waals surface area contributed by atoms with Crippen LogP contribution in [0.1, 0.15) is 0 Å². The van der Waals surface area contributed by atoms with Gasteiger partial charge in [0.2, 0.25) is 0 Å². The first kappa shape index (κ1) is 8.51. The van der Waals surface area contributed by atoms with E-state index in [4.69, 9.17) is 4.12 Å². The van der Waals surface area contributed by atoms with Gasteiger partial charge in [0.15, 0.2) is 0 Å². The molecule has 0 N–H and O–H groups in total. The summed E-state index contributed by atoms with van der Waals surface area (Å²) in [5, 5.41) is 0. The van der Waals surface area contributed by atoms with Crippen LogP contribution in [0.25, 0.3) is 0 Å². The van der Waals surface area contributed by atoms with Crippen LogP contribution in [0.15, 0.2) is 30.3 Å². The van der Waals surface area contributed by atoms with Crippen molar-refractivity contribution in [1.82, 2.24) is 0 Å². The van der Waals surface area contributed by atoms with Crippen molar-refractivity contribution in [3.05, 3.63) is 30.3 Å². The van der Waals surface area contributed by atoms with Crippen molar-refractivity contribution in [3.8, 4) is 0 Å². The van der Waals surface area contributed by atoms with Crippen molar-refractivity contribution < 1.29 is 4.12 Å². The summed E-state index contributed by atoms with van der Waals surface area (Å²) in [5.74, 6) is 0. The van der Waals surface area contributed by atoms with Gasteiger partial charge in [0, 0.05) is 5.69 Å². The lowest BCUT2D eigenvalue weighted by atomic mass is 10.3. The Morgan fingerprint density at radius 1 is 1.36 bits per heavy atom. The van der Waals surface area contributed by atoms with Crippen LogP contribution in [-0.4, -0.2) is 27.5 Å². The van der Waals surface area contributed by atoms with Gasteiger partial charge in [0.1, 0.15) is 10.5 Å². The highest BCUT2D eigenvalue weighted by Crippen LogP contribution is 2.08. The van der Waals surface area contributed by atoms with E-state index in [-0.39, 0.29) is 0 Å². The van der Waals surface area contributed by atoms with Gasteiger partial charge in [-0.3, -0.25) is 0 Å². The van der Waals surface area contributed by atoms with E-state index in [0.717, 1.165) is 10.5 Å². The van der Waals surface area contributed by atoms with Crippen molar-refractivity contribution in [2.24, 2.45) is 0 Å². The number of anilines is 1. The third-order valence-corrected chi connectivity index (χ3v) is 3.30. The van der Waals surface area contributed by atoms with E-state index in [1.165, 1.54) is 5.69 Å². The molecule has 2 nitrogen and oxygen atoms in total. The number of hydrogen-bond donors (Lipinski definition) is 0. The zero-order chi connectivity index (χ0) is 8.10. The maximum Gasteiger partial charge on any atom is 0.256 e. The Morgan fingerprint density at radius 2 is 2.00 bits per heavy atom. The SMILES string of the molecule is CN([SiH2]O[SiH3])c1ccccc1. The zero-order valence-corrected chi connectivity index (χ0v) is 10.4. The predicted octanol–water partition coefficient (Wildman–Crippen LogP) is -0.581. The molecule has 1 aromatic rings. The number of para-hydroxylation sites is 1. The topological polar surface area (TPSA) is 12.5 Å². The van der Waals surface area contributed by atoms with Crippen molar-refractivity contribution >= 4 is 26.1 Å². The first-order valence-corrected chi connectivity index (χ1v) is 5.62. The summed E-state index contributed by atoms with van der Waals surface area (Å²) in [7, 11) is 2.48. The molecular weight excluding hydrogens is 170 g/mol. The summed E-state index contributed by atoms with van der Waals surface area (Å²) in [6.45, 7) is 0. The fourth-order valence-corrected chi connectivity index (χ4v) is 2.86. The van der Waals surface area contributed by atoms with Crippen LogP contribution in [0, 0.1) is 0 Å². The smallest absolute Gasteiger partial charge is 0.256 e. The lowest BCUT2D eigenvalue weighted by Gasteiger charge is -2.17. The molecule has 0 aliphatic heterocycles. The molecule has 0 heterocycles. The third kappa shape index (κ3) is 2.49. The zero-order valence-electron chi connectivity index (χ0n) is 6.95. The van der Waals surface area contributed by atoms with Gasteiger partial charge in [0.05, 0.1) is 0 Å². The second-order valence-electron chi connectivity index (χ2n) is 2.45. The fraction of sp³-hybridized carbons (Fsp3) is 0.143. The van der Waals surface area contributed by atoms with Crippen molar-refractivity contribution in [2.45, 2.75) is 0 Å². The van der Waals surface area contributed by atoms with E-state index >= 15 is 0 Å². The van der Waals surface area contributed by atoms with Gasteiger partial charge in [-0.1, -0.05) is 18.2 Å². The standard InChI is InChI=1S/C7H13NOSi2/c1-8(11-9-10)7-5-3-2-4-6-7/h2-6H,11H2,1,10H3. The van der Waals surface area contributed by atoms with Crippen LogP contribution in [-0.2, 0) is 4.12 Å².